The third-order valence-corrected chi connectivity index (χ3v) is 4.64. The molecule has 1 aliphatic heterocycles. The molecule has 0 atom stereocenters. The van der Waals surface area contributed by atoms with Crippen LogP contribution in [-0.2, 0) is 25.9 Å². The molecule has 0 aromatic carbocycles. The van der Waals surface area contributed by atoms with Gasteiger partial charge in [-0.1, -0.05) is 20.3 Å². The van der Waals surface area contributed by atoms with Crippen molar-refractivity contribution in [1.82, 2.24) is 14.9 Å². The van der Waals surface area contributed by atoms with E-state index in [2.05, 4.69) is 23.7 Å². The normalized spacial score (nSPS) is 21.4. The number of aromatic nitrogens is 2. The summed E-state index contributed by atoms with van der Waals surface area (Å²) in [5.41, 5.74) is 3.37. The molecule has 1 saturated carbocycles. The van der Waals surface area contributed by atoms with Crippen LogP contribution in [0.1, 0.15) is 56.7 Å². The second kappa shape index (κ2) is 4.69. The number of hydrogen-bond donors (Lipinski definition) is 1. The van der Waals surface area contributed by atoms with Gasteiger partial charge in [-0.3, -0.25) is 0 Å². The summed E-state index contributed by atoms with van der Waals surface area (Å²) in [6, 6.07) is 0. The second-order valence-electron chi connectivity index (χ2n) is 6.35. The quantitative estimate of drug-likeness (QED) is 0.886. The van der Waals surface area contributed by atoms with Gasteiger partial charge < -0.3 is 9.88 Å². The minimum Gasteiger partial charge on any atom is -0.331 e. The zero-order valence-corrected chi connectivity index (χ0v) is 11.8. The van der Waals surface area contributed by atoms with Crippen LogP contribution >= 0.6 is 0 Å². The molecule has 0 spiro atoms. The molecule has 3 heteroatoms. The van der Waals surface area contributed by atoms with Gasteiger partial charge in [0.1, 0.15) is 5.82 Å². The Morgan fingerprint density at radius 1 is 1.39 bits per heavy atom. The van der Waals surface area contributed by atoms with E-state index in [9.17, 15) is 0 Å². The summed E-state index contributed by atoms with van der Waals surface area (Å²) in [6.07, 6.45) is 7.68. The molecule has 1 fully saturated rings. The molecule has 0 unspecified atom stereocenters. The summed E-state index contributed by atoms with van der Waals surface area (Å²) in [5.74, 6) is 1.33. The van der Waals surface area contributed by atoms with E-state index >= 15 is 0 Å². The fourth-order valence-electron chi connectivity index (χ4n) is 3.35. The van der Waals surface area contributed by atoms with Gasteiger partial charge in [-0.05, 0) is 24.7 Å². The van der Waals surface area contributed by atoms with Crippen LogP contribution in [0.3, 0.4) is 0 Å². The molecule has 3 nitrogen and oxygen atoms in total. The van der Waals surface area contributed by atoms with Crippen molar-refractivity contribution in [2.45, 2.75) is 65.5 Å². The molecule has 0 saturated heterocycles. The highest BCUT2D eigenvalue weighted by Crippen LogP contribution is 2.42. The van der Waals surface area contributed by atoms with E-state index in [0.29, 0.717) is 5.41 Å². The Balaban J connectivity index is 1.91. The fourth-order valence-corrected chi connectivity index (χ4v) is 3.35. The first-order valence-electron chi connectivity index (χ1n) is 7.50. The zero-order chi connectivity index (χ0) is 12.6. The number of rotatable bonds is 4. The molecule has 3 rings (SSSR count). The Morgan fingerprint density at radius 2 is 2.22 bits per heavy atom. The molecule has 100 valence electrons. The minimum atomic E-state index is 0.543. The third kappa shape index (κ3) is 2.09. The molecule has 18 heavy (non-hydrogen) atoms. The predicted molar refractivity (Wildman–Crippen MR) is 73.6 cm³/mol. The van der Waals surface area contributed by atoms with E-state index in [1.807, 2.05) is 0 Å². The van der Waals surface area contributed by atoms with Crippen LogP contribution in [0.4, 0.5) is 0 Å². The van der Waals surface area contributed by atoms with Crippen LogP contribution in [-0.4, -0.2) is 16.1 Å². The Hall–Kier alpha value is -0.830. The van der Waals surface area contributed by atoms with Gasteiger partial charge in [0.25, 0.3) is 0 Å². The highest BCUT2D eigenvalue weighted by Gasteiger charge is 2.34. The van der Waals surface area contributed by atoms with Gasteiger partial charge in [0.05, 0.1) is 5.69 Å². The van der Waals surface area contributed by atoms with Crippen molar-refractivity contribution in [3.8, 4) is 0 Å². The first-order valence-corrected chi connectivity index (χ1v) is 7.50. The van der Waals surface area contributed by atoms with E-state index in [1.165, 1.54) is 49.4 Å². The van der Waals surface area contributed by atoms with Gasteiger partial charge in [-0.25, -0.2) is 4.98 Å². The van der Waals surface area contributed by atoms with Crippen LogP contribution in [0.25, 0.3) is 0 Å². The molecule has 1 aliphatic carbocycles. The lowest BCUT2D eigenvalue weighted by atomic mass is 9.70. The lowest BCUT2D eigenvalue weighted by Crippen LogP contribution is -2.33. The minimum absolute atomic E-state index is 0.543. The largest absolute Gasteiger partial charge is 0.331 e. The molecule has 1 aromatic heterocycles. The number of fused-ring (bicyclic) bond motifs is 1. The van der Waals surface area contributed by atoms with E-state index in [4.69, 9.17) is 4.98 Å². The molecule has 0 amide bonds. The van der Waals surface area contributed by atoms with Crippen molar-refractivity contribution < 1.29 is 0 Å². The number of aryl methyl sites for hydroxylation is 1. The van der Waals surface area contributed by atoms with Crippen LogP contribution in [0.15, 0.2) is 0 Å². The SMILES string of the molecule is CCCc1nc2c(n1CC1(C)CCC1)CCNC2. The van der Waals surface area contributed by atoms with Crippen molar-refractivity contribution in [1.29, 1.82) is 0 Å². The average molecular weight is 247 g/mol. The Morgan fingerprint density at radius 3 is 2.89 bits per heavy atom. The monoisotopic (exact) mass is 247 g/mol. The number of hydrogen-bond acceptors (Lipinski definition) is 2. The van der Waals surface area contributed by atoms with Crippen molar-refractivity contribution >= 4 is 0 Å². The summed E-state index contributed by atoms with van der Waals surface area (Å²) in [7, 11) is 0. The zero-order valence-electron chi connectivity index (χ0n) is 11.8. The van der Waals surface area contributed by atoms with Gasteiger partial charge in [-0.15, -0.1) is 0 Å². The summed E-state index contributed by atoms with van der Waals surface area (Å²) in [6.45, 7) is 7.97. The van der Waals surface area contributed by atoms with Crippen molar-refractivity contribution in [2.75, 3.05) is 6.54 Å². The molecule has 1 N–H and O–H groups in total. The Labute approximate surface area is 110 Å². The molecular weight excluding hydrogens is 222 g/mol. The molecule has 1 aromatic rings. The second-order valence-corrected chi connectivity index (χ2v) is 6.35. The lowest BCUT2D eigenvalue weighted by molar-refractivity contribution is 0.129. The summed E-state index contributed by atoms with van der Waals surface area (Å²) in [5, 5.41) is 3.44. The van der Waals surface area contributed by atoms with Crippen molar-refractivity contribution in [2.24, 2.45) is 5.41 Å². The van der Waals surface area contributed by atoms with Crippen LogP contribution < -0.4 is 5.32 Å². The highest BCUT2D eigenvalue weighted by molar-refractivity contribution is 5.21. The molecule has 0 radical (unpaired) electrons. The van der Waals surface area contributed by atoms with Crippen molar-refractivity contribution in [3.05, 3.63) is 17.2 Å². The van der Waals surface area contributed by atoms with Gasteiger partial charge in [0, 0.05) is 38.2 Å². The van der Waals surface area contributed by atoms with Crippen LogP contribution in [0.2, 0.25) is 0 Å². The van der Waals surface area contributed by atoms with E-state index in [1.54, 1.807) is 0 Å². The highest BCUT2D eigenvalue weighted by atomic mass is 15.1. The van der Waals surface area contributed by atoms with E-state index in [0.717, 1.165) is 25.9 Å². The van der Waals surface area contributed by atoms with Gasteiger partial charge in [-0.2, -0.15) is 0 Å². The fraction of sp³-hybridized carbons (Fsp3) is 0.800. The van der Waals surface area contributed by atoms with Crippen molar-refractivity contribution in [3.63, 3.8) is 0 Å². The van der Waals surface area contributed by atoms with E-state index in [-0.39, 0.29) is 0 Å². The smallest absolute Gasteiger partial charge is 0.109 e. The van der Waals surface area contributed by atoms with Gasteiger partial charge in [0.2, 0.25) is 0 Å². The Kier molecular flexibility index (Phi) is 3.18. The number of imidazole rings is 1. The molecule has 2 heterocycles. The van der Waals surface area contributed by atoms with Gasteiger partial charge >= 0.3 is 0 Å². The maximum Gasteiger partial charge on any atom is 0.109 e. The third-order valence-electron chi connectivity index (χ3n) is 4.64. The summed E-state index contributed by atoms with van der Waals surface area (Å²) < 4.78 is 2.57. The molecule has 0 bridgehead atoms. The number of nitrogens with one attached hydrogen (secondary N) is 1. The standard InChI is InChI=1S/C15H25N3/c1-3-5-14-17-12-10-16-9-6-13(12)18(14)11-15(2)7-4-8-15/h16H,3-11H2,1-2H3. The molecular formula is C15H25N3. The summed E-state index contributed by atoms with van der Waals surface area (Å²) in [4.78, 5) is 4.88. The van der Waals surface area contributed by atoms with Gasteiger partial charge in [0.15, 0.2) is 0 Å². The number of nitrogens with zero attached hydrogens (tertiary/aromatic N) is 2. The van der Waals surface area contributed by atoms with Crippen LogP contribution in [0.5, 0.6) is 0 Å². The lowest BCUT2D eigenvalue weighted by Gasteiger charge is -2.39. The predicted octanol–water partition coefficient (Wildman–Crippen LogP) is 2.67. The summed E-state index contributed by atoms with van der Waals surface area (Å²) >= 11 is 0. The average Bonchev–Trinajstić information content (AvgIpc) is 2.66. The Bertz CT molecular complexity index is 429. The maximum absolute atomic E-state index is 4.88. The van der Waals surface area contributed by atoms with Crippen LogP contribution in [0, 0.1) is 5.41 Å². The first kappa shape index (κ1) is 12.2. The maximum atomic E-state index is 4.88. The first-order chi connectivity index (χ1) is 8.72. The molecule has 2 aliphatic rings. The van der Waals surface area contributed by atoms with E-state index < -0.39 is 0 Å². The topological polar surface area (TPSA) is 29.9 Å².